The van der Waals surface area contributed by atoms with Crippen molar-refractivity contribution in [3.05, 3.63) is 71.6 Å². The molecule has 26 heavy (non-hydrogen) atoms. The van der Waals surface area contributed by atoms with Crippen LogP contribution in [0, 0.1) is 25.5 Å². The number of nitrogens with zero attached hydrogens (tertiary/aromatic N) is 1. The molecule has 2 aromatic carbocycles. The number of sulfone groups is 1. The number of rotatable bonds is 3. The molecule has 0 aliphatic heterocycles. The van der Waals surface area contributed by atoms with Crippen molar-refractivity contribution in [2.75, 3.05) is 6.26 Å². The first kappa shape index (κ1) is 18.2. The van der Waals surface area contributed by atoms with Gasteiger partial charge in [-0.2, -0.15) is 0 Å². The van der Waals surface area contributed by atoms with Crippen molar-refractivity contribution in [3.63, 3.8) is 0 Å². The molecule has 0 bridgehead atoms. The predicted octanol–water partition coefficient (Wildman–Crippen LogP) is 4.71. The monoisotopic (exact) mass is 373 g/mol. The van der Waals surface area contributed by atoms with Crippen LogP contribution in [0.2, 0.25) is 0 Å². The van der Waals surface area contributed by atoms with Gasteiger partial charge < -0.3 is 0 Å². The first-order valence-electron chi connectivity index (χ1n) is 7.89. The molecule has 1 heterocycles. The second-order valence-corrected chi connectivity index (χ2v) is 8.24. The van der Waals surface area contributed by atoms with Gasteiger partial charge in [-0.1, -0.05) is 18.2 Å². The lowest BCUT2D eigenvalue weighted by Crippen LogP contribution is -2.03. The molecule has 3 rings (SSSR count). The number of aromatic nitrogens is 1. The van der Waals surface area contributed by atoms with E-state index in [9.17, 15) is 17.2 Å². The molecule has 0 radical (unpaired) electrons. The molecule has 0 fully saturated rings. The Hall–Kier alpha value is -2.60. The molecular weight excluding hydrogens is 356 g/mol. The molecule has 0 spiro atoms. The fourth-order valence-corrected chi connectivity index (χ4v) is 3.52. The summed E-state index contributed by atoms with van der Waals surface area (Å²) in [6.07, 6.45) is 3.87. The van der Waals surface area contributed by atoms with Crippen LogP contribution >= 0.6 is 0 Å². The molecule has 0 N–H and O–H groups in total. The third-order valence-corrected chi connectivity index (χ3v) is 5.46. The Labute approximate surface area is 151 Å². The van der Waals surface area contributed by atoms with Gasteiger partial charge in [-0.25, -0.2) is 17.2 Å². The molecule has 0 saturated carbocycles. The van der Waals surface area contributed by atoms with Gasteiger partial charge in [-0.05, 0) is 54.3 Å². The maximum atomic E-state index is 14.6. The van der Waals surface area contributed by atoms with Gasteiger partial charge in [0.2, 0.25) is 0 Å². The Kier molecular flexibility index (Phi) is 4.63. The van der Waals surface area contributed by atoms with Crippen molar-refractivity contribution >= 4 is 9.84 Å². The number of aryl methyl sites for hydroxylation is 2. The number of pyridine rings is 1. The van der Waals surface area contributed by atoms with E-state index >= 15 is 0 Å². The van der Waals surface area contributed by atoms with Gasteiger partial charge in [-0.3, -0.25) is 4.98 Å². The Morgan fingerprint density at radius 2 is 1.58 bits per heavy atom. The predicted molar refractivity (Wildman–Crippen MR) is 97.6 cm³/mol. The van der Waals surface area contributed by atoms with E-state index in [4.69, 9.17) is 0 Å². The van der Waals surface area contributed by atoms with Crippen LogP contribution in [0.15, 0.2) is 53.7 Å². The molecule has 0 atom stereocenters. The van der Waals surface area contributed by atoms with Crippen LogP contribution < -0.4 is 0 Å². The van der Waals surface area contributed by atoms with E-state index in [1.165, 1.54) is 6.20 Å². The van der Waals surface area contributed by atoms with Gasteiger partial charge in [0.25, 0.3) is 0 Å². The largest absolute Gasteiger partial charge is 0.264 e. The second-order valence-electron chi connectivity index (χ2n) is 6.25. The first-order chi connectivity index (χ1) is 12.2. The molecular formula is C20H17F2NO2S. The second kappa shape index (κ2) is 6.61. The van der Waals surface area contributed by atoms with Gasteiger partial charge in [-0.15, -0.1) is 0 Å². The number of benzene rings is 2. The van der Waals surface area contributed by atoms with E-state index in [0.29, 0.717) is 11.1 Å². The summed E-state index contributed by atoms with van der Waals surface area (Å²) in [5.74, 6) is -1.80. The molecule has 1 aromatic heterocycles. The minimum atomic E-state index is -3.86. The molecule has 6 heteroatoms. The van der Waals surface area contributed by atoms with E-state index in [1.807, 2.05) is 32.0 Å². The maximum Gasteiger partial charge on any atom is 0.178 e. The molecule has 3 aromatic rings. The van der Waals surface area contributed by atoms with Crippen LogP contribution in [0.1, 0.15) is 11.1 Å². The lowest BCUT2D eigenvalue weighted by Gasteiger charge is -2.13. The summed E-state index contributed by atoms with van der Waals surface area (Å²) in [6.45, 7) is 3.96. The van der Waals surface area contributed by atoms with Crippen LogP contribution in [0.3, 0.4) is 0 Å². The lowest BCUT2D eigenvalue weighted by molar-refractivity contribution is 0.557. The fourth-order valence-electron chi connectivity index (χ4n) is 2.79. The molecule has 3 nitrogen and oxygen atoms in total. The van der Waals surface area contributed by atoms with Crippen molar-refractivity contribution in [2.24, 2.45) is 0 Å². The number of hydrogen-bond acceptors (Lipinski definition) is 3. The first-order valence-corrected chi connectivity index (χ1v) is 9.78. The molecule has 0 amide bonds. The molecule has 0 unspecified atom stereocenters. The highest BCUT2D eigenvalue weighted by molar-refractivity contribution is 7.90. The highest BCUT2D eigenvalue weighted by Crippen LogP contribution is 2.35. The zero-order valence-corrected chi connectivity index (χ0v) is 15.4. The maximum absolute atomic E-state index is 14.6. The fraction of sp³-hybridized carbons (Fsp3) is 0.150. The average Bonchev–Trinajstić information content (AvgIpc) is 2.58. The van der Waals surface area contributed by atoms with E-state index in [1.54, 1.807) is 12.3 Å². The lowest BCUT2D eigenvalue weighted by atomic mass is 9.94. The molecule has 0 aliphatic carbocycles. The number of hydrogen-bond donors (Lipinski definition) is 0. The van der Waals surface area contributed by atoms with Gasteiger partial charge in [0.15, 0.2) is 9.84 Å². The number of halogens is 2. The Bertz CT molecular complexity index is 1110. The van der Waals surface area contributed by atoms with E-state index in [-0.39, 0.29) is 5.56 Å². The summed E-state index contributed by atoms with van der Waals surface area (Å²) in [4.78, 5) is 3.36. The quantitative estimate of drug-likeness (QED) is 0.668. The zero-order valence-electron chi connectivity index (χ0n) is 14.5. The third-order valence-electron chi connectivity index (χ3n) is 4.35. The molecule has 0 saturated heterocycles. The minimum absolute atomic E-state index is 0.0313. The average molecular weight is 373 g/mol. The van der Waals surface area contributed by atoms with Crippen molar-refractivity contribution in [2.45, 2.75) is 18.7 Å². The Morgan fingerprint density at radius 3 is 2.23 bits per heavy atom. The highest BCUT2D eigenvalue weighted by Gasteiger charge is 2.20. The Morgan fingerprint density at radius 1 is 0.846 bits per heavy atom. The van der Waals surface area contributed by atoms with Crippen molar-refractivity contribution in [1.29, 1.82) is 0 Å². The van der Waals surface area contributed by atoms with Gasteiger partial charge in [0, 0.05) is 29.8 Å². The summed E-state index contributed by atoms with van der Waals surface area (Å²) in [5.41, 5.74) is 4.10. The van der Waals surface area contributed by atoms with Crippen molar-refractivity contribution < 1.29 is 17.2 Å². The summed E-state index contributed by atoms with van der Waals surface area (Å²) < 4.78 is 52.1. The van der Waals surface area contributed by atoms with E-state index in [2.05, 4.69) is 4.98 Å². The van der Waals surface area contributed by atoms with E-state index in [0.717, 1.165) is 35.1 Å². The molecule has 0 aliphatic rings. The van der Waals surface area contributed by atoms with Gasteiger partial charge in [0.05, 0.1) is 0 Å². The summed E-state index contributed by atoms with van der Waals surface area (Å²) >= 11 is 0. The van der Waals surface area contributed by atoms with Crippen LogP contribution in [-0.2, 0) is 9.84 Å². The smallest absolute Gasteiger partial charge is 0.178 e. The standard InChI is InChI=1S/C20H17F2NO2S/c1-12-4-5-14(8-13(12)2)15-6-7-23-11-17(15)16-9-19(22)20(10-18(16)21)26(3,24)25/h4-11H,1-3H3. The van der Waals surface area contributed by atoms with Crippen LogP contribution in [0.4, 0.5) is 8.78 Å². The third kappa shape index (κ3) is 3.37. The Balaban J connectivity index is 2.23. The SMILES string of the molecule is Cc1ccc(-c2ccncc2-c2cc(F)c(S(C)(=O)=O)cc2F)cc1C. The normalized spacial score (nSPS) is 11.6. The highest BCUT2D eigenvalue weighted by atomic mass is 32.2. The van der Waals surface area contributed by atoms with Gasteiger partial charge >= 0.3 is 0 Å². The van der Waals surface area contributed by atoms with Crippen molar-refractivity contribution in [1.82, 2.24) is 4.98 Å². The summed E-state index contributed by atoms with van der Waals surface area (Å²) in [6, 6.07) is 9.18. The minimum Gasteiger partial charge on any atom is -0.264 e. The van der Waals surface area contributed by atoms with Crippen LogP contribution in [-0.4, -0.2) is 19.7 Å². The van der Waals surface area contributed by atoms with Gasteiger partial charge in [0.1, 0.15) is 16.5 Å². The molecule has 134 valence electrons. The van der Waals surface area contributed by atoms with Crippen LogP contribution in [0.25, 0.3) is 22.3 Å². The van der Waals surface area contributed by atoms with E-state index < -0.39 is 26.4 Å². The summed E-state index contributed by atoms with van der Waals surface area (Å²) in [7, 11) is -3.86. The van der Waals surface area contributed by atoms with Crippen molar-refractivity contribution in [3.8, 4) is 22.3 Å². The summed E-state index contributed by atoms with van der Waals surface area (Å²) in [5, 5.41) is 0. The van der Waals surface area contributed by atoms with Crippen LogP contribution in [0.5, 0.6) is 0 Å². The zero-order chi connectivity index (χ0) is 19.1. The topological polar surface area (TPSA) is 47.0 Å².